The lowest BCUT2D eigenvalue weighted by Crippen LogP contribution is -2.34. The Morgan fingerprint density at radius 2 is 1.55 bits per heavy atom. The number of thioether (sulfide) groups is 1. The second-order valence-electron chi connectivity index (χ2n) is 7.65. The van der Waals surface area contributed by atoms with Crippen molar-refractivity contribution in [2.45, 2.75) is 29.9 Å². The molecule has 2 aromatic carbocycles. The highest BCUT2D eigenvalue weighted by atomic mass is 32.2. The third-order valence-electron chi connectivity index (χ3n) is 5.25. The summed E-state index contributed by atoms with van der Waals surface area (Å²) in [5.74, 6) is -4.11. The van der Waals surface area contributed by atoms with Gasteiger partial charge in [-0.2, -0.15) is 0 Å². The number of rotatable bonds is 8. The van der Waals surface area contributed by atoms with Crippen molar-refractivity contribution in [3.8, 4) is 0 Å². The van der Waals surface area contributed by atoms with E-state index in [1.54, 1.807) is 49.4 Å². The number of carbonyl (C=O) groups is 4. The number of anilines is 2. The molecule has 1 aliphatic carbocycles. The first-order chi connectivity index (χ1) is 15.7. The van der Waals surface area contributed by atoms with Gasteiger partial charge in [0, 0.05) is 16.3 Å². The van der Waals surface area contributed by atoms with Gasteiger partial charge in [-0.15, -0.1) is 11.8 Å². The smallest absolute Gasteiger partial charge is 0.335 e. The number of benzene rings is 2. The number of carboxylic acid groups (broad SMARTS) is 2. The molecule has 8 nitrogen and oxygen atoms in total. The maximum absolute atomic E-state index is 12.7. The van der Waals surface area contributed by atoms with Crippen LogP contribution in [0.4, 0.5) is 11.4 Å². The lowest BCUT2D eigenvalue weighted by atomic mass is 9.82. The summed E-state index contributed by atoms with van der Waals surface area (Å²) < 4.78 is 0. The fourth-order valence-corrected chi connectivity index (χ4v) is 4.42. The Labute approximate surface area is 195 Å². The van der Waals surface area contributed by atoms with Crippen molar-refractivity contribution in [1.29, 1.82) is 0 Å². The van der Waals surface area contributed by atoms with Crippen LogP contribution in [0.1, 0.15) is 30.1 Å². The zero-order valence-corrected chi connectivity index (χ0v) is 18.7. The highest BCUT2D eigenvalue weighted by molar-refractivity contribution is 8.00. The number of aromatic carboxylic acids is 1. The number of allylic oxidation sites excluding steroid dienone is 2. The highest BCUT2D eigenvalue weighted by Crippen LogP contribution is 2.29. The van der Waals surface area contributed by atoms with Gasteiger partial charge in [0.2, 0.25) is 11.8 Å². The van der Waals surface area contributed by atoms with Crippen LogP contribution >= 0.6 is 11.8 Å². The van der Waals surface area contributed by atoms with Gasteiger partial charge in [0.15, 0.2) is 0 Å². The molecule has 4 N–H and O–H groups in total. The van der Waals surface area contributed by atoms with E-state index in [1.165, 1.54) is 23.9 Å². The Kier molecular flexibility index (Phi) is 7.89. The van der Waals surface area contributed by atoms with Gasteiger partial charge in [-0.1, -0.05) is 24.3 Å². The minimum atomic E-state index is -1.08. The number of aliphatic carboxylic acids is 1. The highest BCUT2D eigenvalue weighted by Gasteiger charge is 2.34. The summed E-state index contributed by atoms with van der Waals surface area (Å²) in [6.07, 6.45) is 4.30. The van der Waals surface area contributed by atoms with E-state index >= 15 is 0 Å². The molecule has 3 atom stereocenters. The summed E-state index contributed by atoms with van der Waals surface area (Å²) in [5, 5.41) is 23.5. The van der Waals surface area contributed by atoms with Crippen LogP contribution in [-0.4, -0.2) is 39.2 Å². The quantitative estimate of drug-likeness (QED) is 0.338. The standard InChI is InChI=1S/C24H24N2O6S/c1-14(21(27)25-16-7-4-6-15(12-16)23(29)30)33-18-9-5-8-17(13-18)26-22(28)19-10-2-3-11-20(19)24(31)32/h2-9,12-14,19-20H,10-11H2,1H3,(H,25,27)(H,26,28)(H,29,30)(H,31,32). The van der Waals surface area contributed by atoms with E-state index in [0.29, 0.717) is 24.2 Å². The van der Waals surface area contributed by atoms with Crippen LogP contribution in [0.15, 0.2) is 65.6 Å². The van der Waals surface area contributed by atoms with E-state index in [4.69, 9.17) is 5.11 Å². The van der Waals surface area contributed by atoms with E-state index in [9.17, 15) is 24.3 Å². The van der Waals surface area contributed by atoms with Gasteiger partial charge in [0.05, 0.1) is 22.6 Å². The average molecular weight is 469 g/mol. The van der Waals surface area contributed by atoms with E-state index in [-0.39, 0.29) is 17.4 Å². The Balaban J connectivity index is 1.62. The monoisotopic (exact) mass is 468 g/mol. The molecule has 0 fully saturated rings. The minimum absolute atomic E-state index is 0.0788. The second-order valence-corrected chi connectivity index (χ2v) is 9.06. The fourth-order valence-electron chi connectivity index (χ4n) is 3.49. The Hall–Kier alpha value is -3.59. The van der Waals surface area contributed by atoms with Crippen molar-refractivity contribution < 1.29 is 29.4 Å². The first kappa shape index (κ1) is 24.1. The summed E-state index contributed by atoms with van der Waals surface area (Å²) in [6, 6.07) is 13.0. The molecule has 0 radical (unpaired) electrons. The summed E-state index contributed by atoms with van der Waals surface area (Å²) in [6.45, 7) is 1.72. The van der Waals surface area contributed by atoms with Crippen LogP contribution in [0.5, 0.6) is 0 Å². The molecule has 172 valence electrons. The molecule has 0 bridgehead atoms. The number of carboxylic acids is 2. The van der Waals surface area contributed by atoms with Crippen LogP contribution in [0.3, 0.4) is 0 Å². The molecule has 2 amide bonds. The SMILES string of the molecule is CC(Sc1cccc(NC(=O)C2CC=CCC2C(=O)O)c1)C(=O)Nc1cccc(C(=O)O)c1. The van der Waals surface area contributed by atoms with Crippen molar-refractivity contribution in [2.75, 3.05) is 10.6 Å². The Morgan fingerprint density at radius 1 is 0.909 bits per heavy atom. The van der Waals surface area contributed by atoms with Crippen LogP contribution in [0.2, 0.25) is 0 Å². The molecule has 1 aliphatic rings. The largest absolute Gasteiger partial charge is 0.481 e. The molecule has 9 heteroatoms. The molecular weight excluding hydrogens is 444 g/mol. The van der Waals surface area contributed by atoms with Crippen molar-refractivity contribution in [3.05, 3.63) is 66.2 Å². The van der Waals surface area contributed by atoms with Crippen LogP contribution in [0.25, 0.3) is 0 Å². The van der Waals surface area contributed by atoms with Crippen LogP contribution in [-0.2, 0) is 14.4 Å². The molecule has 0 saturated carbocycles. The molecule has 0 saturated heterocycles. The van der Waals surface area contributed by atoms with E-state index in [0.717, 1.165) is 4.90 Å². The van der Waals surface area contributed by atoms with Crippen molar-refractivity contribution >= 4 is 46.9 Å². The van der Waals surface area contributed by atoms with Crippen molar-refractivity contribution in [3.63, 3.8) is 0 Å². The first-order valence-electron chi connectivity index (χ1n) is 10.3. The Morgan fingerprint density at radius 3 is 2.21 bits per heavy atom. The van der Waals surface area contributed by atoms with Gasteiger partial charge in [0.1, 0.15) is 0 Å². The van der Waals surface area contributed by atoms with Crippen LogP contribution in [0, 0.1) is 11.8 Å². The zero-order chi connectivity index (χ0) is 24.0. The summed E-state index contributed by atoms with van der Waals surface area (Å²) in [4.78, 5) is 48.5. The van der Waals surface area contributed by atoms with Gasteiger partial charge in [-0.05, 0) is 56.2 Å². The maximum Gasteiger partial charge on any atom is 0.335 e. The first-order valence-corrected chi connectivity index (χ1v) is 11.2. The predicted octanol–water partition coefficient (Wildman–Crippen LogP) is 4.11. The molecule has 3 unspecified atom stereocenters. The lowest BCUT2D eigenvalue weighted by molar-refractivity contribution is -0.146. The number of amides is 2. The summed E-state index contributed by atoms with van der Waals surface area (Å²) >= 11 is 1.28. The van der Waals surface area contributed by atoms with Gasteiger partial charge >= 0.3 is 11.9 Å². The number of hydrogen-bond acceptors (Lipinski definition) is 5. The molecular formula is C24H24N2O6S. The molecule has 0 spiro atoms. The third kappa shape index (κ3) is 6.45. The van der Waals surface area contributed by atoms with E-state index < -0.39 is 29.0 Å². The number of carbonyl (C=O) groups excluding carboxylic acids is 2. The lowest BCUT2D eigenvalue weighted by Gasteiger charge is -2.24. The molecule has 0 aromatic heterocycles. The summed E-state index contributed by atoms with van der Waals surface area (Å²) in [5.41, 5.74) is 0.989. The predicted molar refractivity (Wildman–Crippen MR) is 125 cm³/mol. The molecule has 0 heterocycles. The summed E-state index contributed by atoms with van der Waals surface area (Å²) in [7, 11) is 0. The second kappa shape index (κ2) is 10.8. The molecule has 0 aliphatic heterocycles. The number of hydrogen-bond donors (Lipinski definition) is 4. The van der Waals surface area contributed by atoms with Gasteiger partial charge < -0.3 is 20.8 Å². The average Bonchev–Trinajstić information content (AvgIpc) is 2.79. The maximum atomic E-state index is 12.7. The van der Waals surface area contributed by atoms with E-state index in [2.05, 4.69) is 10.6 Å². The molecule has 33 heavy (non-hydrogen) atoms. The third-order valence-corrected chi connectivity index (χ3v) is 6.34. The minimum Gasteiger partial charge on any atom is -0.481 e. The van der Waals surface area contributed by atoms with Crippen LogP contribution < -0.4 is 10.6 Å². The molecule has 2 aromatic rings. The van der Waals surface area contributed by atoms with Gasteiger partial charge in [-0.3, -0.25) is 14.4 Å². The van der Waals surface area contributed by atoms with Gasteiger partial charge in [-0.25, -0.2) is 4.79 Å². The van der Waals surface area contributed by atoms with Crippen molar-refractivity contribution in [1.82, 2.24) is 0 Å². The fraction of sp³-hybridized carbons (Fsp3) is 0.250. The molecule has 3 rings (SSSR count). The van der Waals surface area contributed by atoms with Gasteiger partial charge in [0.25, 0.3) is 0 Å². The normalized spacial score (nSPS) is 18.2. The Bertz CT molecular complexity index is 1100. The number of nitrogens with one attached hydrogen (secondary N) is 2. The van der Waals surface area contributed by atoms with Crippen molar-refractivity contribution in [2.24, 2.45) is 11.8 Å². The zero-order valence-electron chi connectivity index (χ0n) is 17.9. The van der Waals surface area contributed by atoms with E-state index in [1.807, 2.05) is 6.08 Å². The topological polar surface area (TPSA) is 133 Å².